The molecule has 3 aromatic carbocycles. The molecule has 1 aromatic heterocycles. The average molecular weight is 523 g/mol. The fraction of sp³-hybridized carbons (Fsp3) is 0.259. The molecule has 0 saturated heterocycles. The lowest BCUT2D eigenvalue weighted by atomic mass is 10.0. The molecular weight excluding hydrogens is 496 g/mol. The zero-order valence-corrected chi connectivity index (χ0v) is 21.4. The van der Waals surface area contributed by atoms with E-state index in [-0.39, 0.29) is 5.91 Å². The first-order chi connectivity index (χ1) is 15.9. The van der Waals surface area contributed by atoms with E-state index in [9.17, 15) is 4.79 Å². The van der Waals surface area contributed by atoms with Gasteiger partial charge in [0, 0.05) is 17.7 Å². The number of carbonyl (C=O) groups is 1. The monoisotopic (exact) mass is 522 g/mol. The summed E-state index contributed by atoms with van der Waals surface area (Å²) in [6.07, 6.45) is 1.05. The number of ether oxygens (including phenoxy) is 1. The molecule has 0 radical (unpaired) electrons. The summed E-state index contributed by atoms with van der Waals surface area (Å²) < 4.78 is 7.97. The quantitative estimate of drug-likeness (QED) is 0.239. The number of thiazole rings is 1. The first-order valence-corrected chi connectivity index (χ1v) is 12.7. The molecule has 4 aromatic rings. The van der Waals surface area contributed by atoms with Crippen LogP contribution in [0.3, 0.4) is 0 Å². The molecule has 0 aliphatic carbocycles. The van der Waals surface area contributed by atoms with Crippen molar-refractivity contribution in [1.82, 2.24) is 4.98 Å². The highest BCUT2D eigenvalue weighted by atomic mass is 79.9. The number of fused-ring (bicyclic) bond motifs is 1. The maximum absolute atomic E-state index is 12.3. The molecule has 1 heterocycles. The molecule has 33 heavy (non-hydrogen) atoms. The zero-order chi connectivity index (χ0) is 23.4. The number of rotatable bonds is 8. The van der Waals surface area contributed by atoms with Crippen LogP contribution in [0.2, 0.25) is 0 Å². The Bertz CT molecular complexity index is 1270. The number of nitrogens with one attached hydrogen (secondary N) is 1. The second-order valence-electron chi connectivity index (χ2n) is 8.41. The Morgan fingerprint density at radius 3 is 2.61 bits per heavy atom. The average Bonchev–Trinajstić information content (AvgIpc) is 3.21. The minimum atomic E-state index is -0.0176. The third-order valence-corrected chi connectivity index (χ3v) is 7.07. The Balaban J connectivity index is 1.26. The standard InChI is InChI=1S/C27H27BrN2O2S/c1-17(2)20-9-13-24(22(28)16-20)32-14-4-5-26(31)29-21-10-7-19(8-11-21)27-30-23-12-6-18(3)15-25(23)33-27/h6-13,15-17H,4-5,14H2,1-3H3,(H,29,31). The molecule has 0 aliphatic rings. The van der Waals surface area contributed by atoms with E-state index in [2.05, 4.69) is 72.3 Å². The van der Waals surface area contributed by atoms with Crippen molar-refractivity contribution < 1.29 is 9.53 Å². The van der Waals surface area contributed by atoms with Crippen LogP contribution in [-0.2, 0) is 4.79 Å². The van der Waals surface area contributed by atoms with E-state index in [1.807, 2.05) is 30.3 Å². The summed E-state index contributed by atoms with van der Waals surface area (Å²) in [5, 5.41) is 3.95. The number of carbonyl (C=O) groups excluding carboxylic acids is 1. The van der Waals surface area contributed by atoms with Crippen LogP contribution >= 0.6 is 27.3 Å². The summed E-state index contributed by atoms with van der Waals surface area (Å²) in [4.78, 5) is 17.1. The molecule has 0 atom stereocenters. The van der Waals surface area contributed by atoms with E-state index in [1.165, 1.54) is 15.8 Å². The lowest BCUT2D eigenvalue weighted by Gasteiger charge is -2.11. The van der Waals surface area contributed by atoms with Crippen molar-refractivity contribution in [1.29, 1.82) is 0 Å². The van der Waals surface area contributed by atoms with Crippen molar-refractivity contribution in [3.63, 3.8) is 0 Å². The largest absolute Gasteiger partial charge is 0.492 e. The maximum Gasteiger partial charge on any atom is 0.224 e. The number of aryl methyl sites for hydroxylation is 1. The third kappa shape index (κ3) is 6.01. The van der Waals surface area contributed by atoms with Crippen molar-refractivity contribution in [3.8, 4) is 16.3 Å². The van der Waals surface area contributed by atoms with E-state index >= 15 is 0 Å². The number of benzene rings is 3. The van der Waals surface area contributed by atoms with Gasteiger partial charge < -0.3 is 10.1 Å². The summed E-state index contributed by atoms with van der Waals surface area (Å²) in [5.41, 5.74) is 5.35. The molecule has 4 rings (SSSR count). The van der Waals surface area contributed by atoms with E-state index in [0.717, 1.165) is 32.0 Å². The van der Waals surface area contributed by atoms with Gasteiger partial charge in [-0.25, -0.2) is 4.98 Å². The first kappa shape index (κ1) is 23.5. The minimum Gasteiger partial charge on any atom is -0.492 e. The molecule has 0 saturated carbocycles. The number of aromatic nitrogens is 1. The second-order valence-corrected chi connectivity index (χ2v) is 10.3. The molecule has 0 fully saturated rings. The van der Waals surface area contributed by atoms with Gasteiger partial charge in [0.2, 0.25) is 5.91 Å². The zero-order valence-electron chi connectivity index (χ0n) is 19.0. The highest BCUT2D eigenvalue weighted by Crippen LogP contribution is 2.31. The molecule has 170 valence electrons. The maximum atomic E-state index is 12.3. The number of nitrogens with zero attached hydrogens (tertiary/aromatic N) is 1. The van der Waals surface area contributed by atoms with Gasteiger partial charge in [-0.2, -0.15) is 0 Å². The number of hydrogen-bond donors (Lipinski definition) is 1. The summed E-state index contributed by atoms with van der Waals surface area (Å²) >= 11 is 5.25. The van der Waals surface area contributed by atoms with Gasteiger partial charge in [-0.05, 0) is 94.9 Å². The van der Waals surface area contributed by atoms with Gasteiger partial charge in [-0.15, -0.1) is 11.3 Å². The summed E-state index contributed by atoms with van der Waals surface area (Å²) in [5.74, 6) is 1.26. The van der Waals surface area contributed by atoms with Crippen molar-refractivity contribution in [2.45, 2.75) is 39.5 Å². The third-order valence-electron chi connectivity index (χ3n) is 5.39. The van der Waals surface area contributed by atoms with Crippen LogP contribution in [0.1, 0.15) is 43.7 Å². The topological polar surface area (TPSA) is 51.2 Å². The van der Waals surface area contributed by atoms with E-state index in [0.29, 0.717) is 25.4 Å². The van der Waals surface area contributed by atoms with Crippen LogP contribution in [0, 0.1) is 6.92 Å². The molecule has 4 nitrogen and oxygen atoms in total. The van der Waals surface area contributed by atoms with Gasteiger partial charge in [-0.3, -0.25) is 4.79 Å². The Morgan fingerprint density at radius 2 is 1.88 bits per heavy atom. The van der Waals surface area contributed by atoms with Crippen LogP contribution in [0.5, 0.6) is 5.75 Å². The molecule has 0 spiro atoms. The molecule has 1 N–H and O–H groups in total. The van der Waals surface area contributed by atoms with Gasteiger partial charge in [0.1, 0.15) is 10.8 Å². The predicted octanol–water partition coefficient (Wildman–Crippen LogP) is 7.96. The van der Waals surface area contributed by atoms with E-state index < -0.39 is 0 Å². The van der Waals surface area contributed by atoms with Crippen LogP contribution < -0.4 is 10.1 Å². The van der Waals surface area contributed by atoms with Crippen LogP contribution in [-0.4, -0.2) is 17.5 Å². The summed E-state index contributed by atoms with van der Waals surface area (Å²) in [6.45, 7) is 6.90. The molecule has 1 amide bonds. The number of anilines is 1. The van der Waals surface area contributed by atoms with Gasteiger partial charge in [-0.1, -0.05) is 26.0 Å². The van der Waals surface area contributed by atoms with E-state index in [4.69, 9.17) is 9.72 Å². The van der Waals surface area contributed by atoms with Gasteiger partial charge in [0.05, 0.1) is 21.3 Å². The number of amides is 1. The molecular formula is C27H27BrN2O2S. The molecule has 6 heteroatoms. The lowest BCUT2D eigenvalue weighted by molar-refractivity contribution is -0.116. The fourth-order valence-electron chi connectivity index (χ4n) is 3.48. The Kier molecular flexibility index (Phi) is 7.46. The van der Waals surface area contributed by atoms with Crippen molar-refractivity contribution in [2.24, 2.45) is 0 Å². The fourth-order valence-corrected chi connectivity index (χ4v) is 5.06. The highest BCUT2D eigenvalue weighted by molar-refractivity contribution is 9.10. The lowest BCUT2D eigenvalue weighted by Crippen LogP contribution is -2.12. The number of hydrogen-bond acceptors (Lipinski definition) is 4. The van der Waals surface area contributed by atoms with Gasteiger partial charge >= 0.3 is 0 Å². The first-order valence-electron chi connectivity index (χ1n) is 11.1. The molecule has 0 bridgehead atoms. The molecule has 0 aliphatic heterocycles. The Morgan fingerprint density at radius 1 is 1.09 bits per heavy atom. The second kappa shape index (κ2) is 10.5. The normalized spacial score (nSPS) is 11.2. The summed E-state index contributed by atoms with van der Waals surface area (Å²) in [6, 6.07) is 20.3. The van der Waals surface area contributed by atoms with Crippen LogP contribution in [0.4, 0.5) is 5.69 Å². The van der Waals surface area contributed by atoms with E-state index in [1.54, 1.807) is 11.3 Å². The number of halogens is 1. The van der Waals surface area contributed by atoms with Crippen molar-refractivity contribution >= 4 is 49.1 Å². The van der Waals surface area contributed by atoms with Crippen LogP contribution in [0.15, 0.2) is 65.1 Å². The summed E-state index contributed by atoms with van der Waals surface area (Å²) in [7, 11) is 0. The van der Waals surface area contributed by atoms with Crippen molar-refractivity contribution in [2.75, 3.05) is 11.9 Å². The Hall–Kier alpha value is -2.70. The molecule has 0 unspecified atom stereocenters. The minimum absolute atomic E-state index is 0.0176. The van der Waals surface area contributed by atoms with Crippen molar-refractivity contribution in [3.05, 3.63) is 76.3 Å². The van der Waals surface area contributed by atoms with Gasteiger partial charge in [0.15, 0.2) is 0 Å². The smallest absolute Gasteiger partial charge is 0.224 e. The predicted molar refractivity (Wildman–Crippen MR) is 141 cm³/mol. The van der Waals surface area contributed by atoms with Gasteiger partial charge in [0.25, 0.3) is 0 Å². The highest BCUT2D eigenvalue weighted by Gasteiger charge is 2.09. The van der Waals surface area contributed by atoms with Crippen LogP contribution in [0.25, 0.3) is 20.8 Å². The Labute approximate surface area is 207 Å². The SMILES string of the molecule is Cc1ccc2nc(-c3ccc(NC(=O)CCCOc4ccc(C(C)C)cc4Br)cc3)sc2c1.